The van der Waals surface area contributed by atoms with Crippen LogP contribution in [-0.4, -0.2) is 33.4 Å². The zero-order chi connectivity index (χ0) is 18.5. The number of nitrogens with one attached hydrogen (secondary N) is 3. The number of sulfonamides is 1. The summed E-state index contributed by atoms with van der Waals surface area (Å²) in [6.45, 7) is 7.60. The maximum absolute atomic E-state index is 11.6. The first-order valence-corrected chi connectivity index (χ1v) is 10.7. The minimum Gasteiger partial charge on any atom is -0.494 e. The van der Waals surface area contributed by atoms with E-state index in [1.54, 1.807) is 13.8 Å². The first kappa shape index (κ1) is 21.7. The topological polar surface area (TPSA) is 79.5 Å². The van der Waals surface area contributed by atoms with Crippen LogP contribution in [0.5, 0.6) is 5.75 Å². The van der Waals surface area contributed by atoms with E-state index in [1.807, 2.05) is 24.3 Å². The molecule has 0 aromatic heterocycles. The van der Waals surface area contributed by atoms with Gasteiger partial charge in [0.05, 0.1) is 11.9 Å². The molecule has 0 aliphatic rings. The van der Waals surface area contributed by atoms with Crippen LogP contribution < -0.4 is 20.3 Å². The molecular formula is C18H33N3O3S. The van der Waals surface area contributed by atoms with Crippen LogP contribution >= 0.6 is 0 Å². The Morgan fingerprint density at radius 1 is 1.00 bits per heavy atom. The molecule has 1 aromatic rings. The molecule has 0 unspecified atom stereocenters. The number of ether oxygens (including phenoxy) is 1. The Balaban J connectivity index is 2.06. The van der Waals surface area contributed by atoms with Crippen molar-refractivity contribution in [1.82, 2.24) is 10.1 Å². The highest BCUT2D eigenvalue weighted by Gasteiger charge is 2.13. The van der Waals surface area contributed by atoms with E-state index in [4.69, 9.17) is 4.74 Å². The monoisotopic (exact) mass is 371 g/mol. The van der Waals surface area contributed by atoms with Crippen LogP contribution in [0.4, 0.5) is 5.69 Å². The summed E-state index contributed by atoms with van der Waals surface area (Å²) in [5.74, 6) is 0.892. The lowest BCUT2D eigenvalue weighted by Gasteiger charge is -2.11. The van der Waals surface area contributed by atoms with E-state index in [-0.39, 0.29) is 5.25 Å². The molecule has 0 radical (unpaired) electrons. The van der Waals surface area contributed by atoms with Crippen LogP contribution in [0, 0.1) is 0 Å². The van der Waals surface area contributed by atoms with E-state index < -0.39 is 10.0 Å². The molecule has 1 rings (SSSR count). The van der Waals surface area contributed by atoms with Gasteiger partial charge in [-0.15, -0.1) is 0 Å². The zero-order valence-corrected chi connectivity index (χ0v) is 16.5. The fraction of sp³-hybridized carbons (Fsp3) is 0.667. The number of hydrogen-bond acceptors (Lipinski definition) is 5. The van der Waals surface area contributed by atoms with Crippen LogP contribution in [0.15, 0.2) is 24.3 Å². The average Bonchev–Trinajstić information content (AvgIpc) is 2.58. The van der Waals surface area contributed by atoms with Crippen molar-refractivity contribution >= 4 is 15.7 Å². The van der Waals surface area contributed by atoms with Crippen molar-refractivity contribution in [2.24, 2.45) is 0 Å². The molecule has 1 aromatic carbocycles. The molecule has 0 spiro atoms. The van der Waals surface area contributed by atoms with Crippen molar-refractivity contribution in [3.05, 3.63) is 24.3 Å². The highest BCUT2D eigenvalue weighted by Crippen LogP contribution is 2.15. The largest absolute Gasteiger partial charge is 0.494 e. The maximum atomic E-state index is 11.6. The molecule has 0 saturated carbocycles. The molecule has 0 aliphatic carbocycles. The van der Waals surface area contributed by atoms with Gasteiger partial charge in [-0.1, -0.05) is 19.8 Å². The van der Waals surface area contributed by atoms with Crippen molar-refractivity contribution in [2.45, 2.75) is 58.1 Å². The van der Waals surface area contributed by atoms with Gasteiger partial charge >= 0.3 is 0 Å². The van der Waals surface area contributed by atoms with Crippen LogP contribution in [0.3, 0.4) is 0 Å². The second-order valence-electron chi connectivity index (χ2n) is 6.33. The SMILES string of the molecule is CCCCOc1ccc(NNCCCCCNS(=O)(=O)C(C)C)cc1. The number of hydrogen-bond donors (Lipinski definition) is 3. The molecule has 0 bridgehead atoms. The minimum atomic E-state index is -3.13. The number of unbranched alkanes of at least 4 members (excludes halogenated alkanes) is 3. The van der Waals surface area contributed by atoms with Gasteiger partial charge in [0.1, 0.15) is 5.75 Å². The van der Waals surface area contributed by atoms with E-state index >= 15 is 0 Å². The third-order valence-electron chi connectivity index (χ3n) is 3.76. The van der Waals surface area contributed by atoms with Crippen LogP contribution in [0.1, 0.15) is 52.9 Å². The van der Waals surface area contributed by atoms with E-state index in [2.05, 4.69) is 22.5 Å². The molecule has 0 amide bonds. The van der Waals surface area contributed by atoms with Gasteiger partial charge < -0.3 is 10.2 Å². The van der Waals surface area contributed by atoms with Gasteiger partial charge in [0, 0.05) is 18.8 Å². The lowest BCUT2D eigenvalue weighted by molar-refractivity contribution is 0.309. The average molecular weight is 372 g/mol. The Bertz CT molecular complexity index is 559. The van der Waals surface area contributed by atoms with Gasteiger partial charge in [0.2, 0.25) is 10.0 Å². The van der Waals surface area contributed by atoms with Crippen molar-refractivity contribution in [2.75, 3.05) is 25.1 Å². The van der Waals surface area contributed by atoms with Gasteiger partial charge in [-0.25, -0.2) is 18.6 Å². The van der Waals surface area contributed by atoms with E-state index in [0.717, 1.165) is 56.7 Å². The molecule has 0 heterocycles. The van der Waals surface area contributed by atoms with Gasteiger partial charge in [-0.2, -0.15) is 0 Å². The first-order chi connectivity index (χ1) is 12.0. The Kier molecular flexibility index (Phi) is 10.5. The third-order valence-corrected chi connectivity index (χ3v) is 5.60. The van der Waals surface area contributed by atoms with Gasteiger partial charge in [0.25, 0.3) is 0 Å². The standard InChI is InChI=1S/C18H33N3O3S/c1-4-5-15-24-18-11-9-17(10-12-18)21-19-13-7-6-8-14-20-25(22,23)16(2)3/h9-12,16,19-21H,4-8,13-15H2,1-3H3. The fourth-order valence-corrected chi connectivity index (χ4v) is 2.79. The van der Waals surface area contributed by atoms with E-state index in [1.165, 1.54) is 0 Å². The Hall–Kier alpha value is -1.31. The van der Waals surface area contributed by atoms with Crippen LogP contribution in [0.2, 0.25) is 0 Å². The summed E-state index contributed by atoms with van der Waals surface area (Å²) in [5, 5.41) is -0.373. The van der Waals surface area contributed by atoms with Gasteiger partial charge in [0.15, 0.2) is 0 Å². The molecule has 0 aliphatic heterocycles. The minimum absolute atomic E-state index is 0.373. The molecule has 144 valence electrons. The number of rotatable bonds is 14. The molecule has 3 N–H and O–H groups in total. The number of benzene rings is 1. The quantitative estimate of drug-likeness (QED) is 0.345. The van der Waals surface area contributed by atoms with E-state index in [9.17, 15) is 8.42 Å². The molecular weight excluding hydrogens is 338 g/mol. The Morgan fingerprint density at radius 2 is 1.68 bits per heavy atom. The lowest BCUT2D eigenvalue weighted by atomic mass is 10.2. The van der Waals surface area contributed by atoms with Crippen molar-refractivity contribution in [1.29, 1.82) is 0 Å². The van der Waals surface area contributed by atoms with Crippen molar-refractivity contribution in [3.63, 3.8) is 0 Å². The second-order valence-corrected chi connectivity index (χ2v) is 8.65. The predicted molar refractivity (Wildman–Crippen MR) is 104 cm³/mol. The number of anilines is 1. The molecule has 0 atom stereocenters. The van der Waals surface area contributed by atoms with Gasteiger partial charge in [-0.05, 0) is 57.4 Å². The lowest BCUT2D eigenvalue weighted by Crippen LogP contribution is -2.31. The van der Waals surface area contributed by atoms with Crippen molar-refractivity contribution < 1.29 is 13.2 Å². The predicted octanol–water partition coefficient (Wildman–Crippen LogP) is 3.28. The summed E-state index contributed by atoms with van der Waals surface area (Å²) < 4.78 is 31.4. The van der Waals surface area contributed by atoms with E-state index in [0.29, 0.717) is 6.54 Å². The maximum Gasteiger partial charge on any atom is 0.213 e. The highest BCUT2D eigenvalue weighted by molar-refractivity contribution is 7.90. The summed E-state index contributed by atoms with van der Waals surface area (Å²) >= 11 is 0. The molecule has 6 nitrogen and oxygen atoms in total. The molecule has 0 fully saturated rings. The molecule has 0 saturated heterocycles. The first-order valence-electron chi connectivity index (χ1n) is 9.16. The summed E-state index contributed by atoms with van der Waals surface area (Å²) in [4.78, 5) is 0. The normalized spacial score (nSPS) is 11.7. The number of hydrazine groups is 1. The summed E-state index contributed by atoms with van der Waals surface area (Å²) in [7, 11) is -3.13. The zero-order valence-electron chi connectivity index (χ0n) is 15.7. The van der Waals surface area contributed by atoms with Gasteiger partial charge in [-0.3, -0.25) is 0 Å². The highest BCUT2D eigenvalue weighted by atomic mass is 32.2. The third kappa shape index (κ3) is 9.67. The smallest absolute Gasteiger partial charge is 0.213 e. The molecule has 7 heteroatoms. The Morgan fingerprint density at radius 3 is 2.32 bits per heavy atom. The second kappa shape index (κ2) is 12.1. The summed E-state index contributed by atoms with van der Waals surface area (Å²) in [6.07, 6.45) is 5.00. The summed E-state index contributed by atoms with van der Waals surface area (Å²) in [6, 6.07) is 7.88. The van der Waals surface area contributed by atoms with Crippen LogP contribution in [0.25, 0.3) is 0 Å². The van der Waals surface area contributed by atoms with Crippen molar-refractivity contribution in [3.8, 4) is 5.75 Å². The fourth-order valence-electron chi connectivity index (χ4n) is 2.03. The van der Waals surface area contributed by atoms with Crippen LogP contribution in [-0.2, 0) is 10.0 Å². The summed E-state index contributed by atoms with van der Waals surface area (Å²) in [5.41, 5.74) is 7.31. The Labute approximate surface area is 152 Å². The molecule has 25 heavy (non-hydrogen) atoms.